The molecule has 0 aromatic rings. The lowest BCUT2D eigenvalue weighted by molar-refractivity contribution is -0.151. The average Bonchev–Trinajstić information content (AvgIpc) is 2.43. The topological polar surface area (TPSA) is 127 Å². The fourth-order valence-electron chi connectivity index (χ4n) is 1.01. The molecular formula is C7H10O7. The molecule has 3 atom stereocenters. The molecule has 0 bridgehead atoms. The second-order valence-electron chi connectivity index (χ2n) is 2.80. The number of esters is 1. The standard InChI is InChI=1S/C7H10O7/c8-1-2(9)3(10)6-4(11)5(12)7(13)14-6/h2-3,6,8-12H,1H2/t2-,3-,6-/m1/s1. The Bertz CT molecular complexity index is 271. The van der Waals surface area contributed by atoms with Crippen LogP contribution in [0.1, 0.15) is 0 Å². The SMILES string of the molecule is O=C1O[C@H]([C@H](O)[C@H](O)CO)C(O)=C1O. The van der Waals surface area contributed by atoms with Crippen molar-refractivity contribution < 1.29 is 35.1 Å². The molecule has 0 unspecified atom stereocenters. The van der Waals surface area contributed by atoms with Crippen LogP contribution in [0, 0.1) is 0 Å². The predicted molar refractivity (Wildman–Crippen MR) is 41.3 cm³/mol. The zero-order valence-corrected chi connectivity index (χ0v) is 6.99. The van der Waals surface area contributed by atoms with Gasteiger partial charge in [0.15, 0.2) is 11.9 Å². The fraction of sp³-hybridized carbons (Fsp3) is 0.571. The summed E-state index contributed by atoms with van der Waals surface area (Å²) in [5, 5.41) is 44.6. The molecule has 1 rings (SSSR count). The van der Waals surface area contributed by atoms with Gasteiger partial charge in [0.1, 0.15) is 12.2 Å². The summed E-state index contributed by atoms with van der Waals surface area (Å²) in [6, 6.07) is 0. The number of hydrogen-bond donors (Lipinski definition) is 5. The Morgan fingerprint density at radius 1 is 1.36 bits per heavy atom. The Morgan fingerprint density at radius 2 is 1.93 bits per heavy atom. The van der Waals surface area contributed by atoms with E-state index in [9.17, 15) is 9.90 Å². The van der Waals surface area contributed by atoms with Crippen molar-refractivity contribution in [2.45, 2.75) is 18.3 Å². The van der Waals surface area contributed by atoms with Crippen LogP contribution in [0.5, 0.6) is 0 Å². The third-order valence-corrected chi connectivity index (χ3v) is 1.83. The van der Waals surface area contributed by atoms with E-state index >= 15 is 0 Å². The minimum absolute atomic E-state index is 0.761. The van der Waals surface area contributed by atoms with Crippen LogP contribution < -0.4 is 0 Å². The van der Waals surface area contributed by atoms with Crippen LogP contribution in [0.4, 0.5) is 0 Å². The van der Waals surface area contributed by atoms with Crippen molar-refractivity contribution in [1.82, 2.24) is 0 Å². The minimum atomic E-state index is -1.69. The zero-order valence-electron chi connectivity index (χ0n) is 6.99. The van der Waals surface area contributed by atoms with Crippen LogP contribution in [0.25, 0.3) is 0 Å². The number of carbonyl (C=O) groups excluding carboxylic acids is 1. The van der Waals surface area contributed by atoms with E-state index in [0.29, 0.717) is 0 Å². The Labute approximate surface area is 78.5 Å². The molecule has 0 fully saturated rings. The largest absolute Gasteiger partial charge is 0.505 e. The molecular weight excluding hydrogens is 196 g/mol. The number of cyclic esters (lactones) is 1. The summed E-state index contributed by atoms with van der Waals surface area (Å²) >= 11 is 0. The summed E-state index contributed by atoms with van der Waals surface area (Å²) in [6.07, 6.45) is -4.79. The maximum Gasteiger partial charge on any atom is 0.377 e. The molecule has 7 nitrogen and oxygen atoms in total. The van der Waals surface area contributed by atoms with E-state index in [4.69, 9.17) is 20.4 Å². The van der Waals surface area contributed by atoms with Crippen molar-refractivity contribution in [3.05, 3.63) is 11.5 Å². The number of aliphatic hydroxyl groups is 5. The molecule has 7 heteroatoms. The average molecular weight is 206 g/mol. The van der Waals surface area contributed by atoms with Crippen molar-refractivity contribution in [2.75, 3.05) is 6.61 Å². The summed E-state index contributed by atoms with van der Waals surface area (Å²) in [4.78, 5) is 10.7. The summed E-state index contributed by atoms with van der Waals surface area (Å²) in [7, 11) is 0. The van der Waals surface area contributed by atoms with Crippen LogP contribution in [-0.4, -0.2) is 56.4 Å². The molecule has 1 aliphatic heterocycles. The Morgan fingerprint density at radius 3 is 2.29 bits per heavy atom. The molecule has 0 radical (unpaired) electrons. The molecule has 1 aliphatic rings. The zero-order chi connectivity index (χ0) is 10.9. The molecule has 0 aromatic carbocycles. The van der Waals surface area contributed by atoms with Gasteiger partial charge in [-0.1, -0.05) is 0 Å². The summed E-state index contributed by atoms with van der Waals surface area (Å²) in [6.45, 7) is -0.761. The first-order valence-corrected chi connectivity index (χ1v) is 3.79. The van der Waals surface area contributed by atoms with E-state index in [1.807, 2.05) is 0 Å². The highest BCUT2D eigenvalue weighted by atomic mass is 16.6. The van der Waals surface area contributed by atoms with Crippen molar-refractivity contribution in [2.24, 2.45) is 0 Å². The van der Waals surface area contributed by atoms with Gasteiger partial charge in [0, 0.05) is 0 Å². The molecule has 14 heavy (non-hydrogen) atoms. The third kappa shape index (κ3) is 1.65. The number of ether oxygens (including phenoxy) is 1. The second-order valence-corrected chi connectivity index (χ2v) is 2.80. The number of carbonyl (C=O) groups is 1. The van der Waals surface area contributed by atoms with E-state index in [1.54, 1.807) is 0 Å². The smallest absolute Gasteiger partial charge is 0.377 e. The second kappa shape index (κ2) is 3.82. The highest BCUT2D eigenvalue weighted by Gasteiger charge is 2.41. The molecule has 5 N–H and O–H groups in total. The Kier molecular flexibility index (Phi) is 2.94. The minimum Gasteiger partial charge on any atom is -0.505 e. The highest BCUT2D eigenvalue weighted by molar-refractivity contribution is 5.89. The number of aliphatic hydroxyl groups excluding tert-OH is 5. The molecule has 80 valence electrons. The van der Waals surface area contributed by atoms with E-state index in [1.165, 1.54) is 0 Å². The first-order valence-electron chi connectivity index (χ1n) is 3.79. The van der Waals surface area contributed by atoms with Gasteiger partial charge in [-0.15, -0.1) is 0 Å². The summed E-state index contributed by atoms with van der Waals surface area (Å²) in [5.41, 5.74) is 0. The normalized spacial score (nSPS) is 26.2. The Hall–Kier alpha value is -1.31. The maximum atomic E-state index is 10.7. The lowest BCUT2D eigenvalue weighted by Gasteiger charge is -2.20. The number of hydrogen-bond acceptors (Lipinski definition) is 7. The van der Waals surface area contributed by atoms with E-state index in [-0.39, 0.29) is 0 Å². The Balaban J connectivity index is 2.78. The van der Waals surface area contributed by atoms with Crippen LogP contribution in [0.3, 0.4) is 0 Å². The van der Waals surface area contributed by atoms with E-state index < -0.39 is 42.4 Å². The van der Waals surface area contributed by atoms with Crippen molar-refractivity contribution in [3.63, 3.8) is 0 Å². The van der Waals surface area contributed by atoms with Crippen LogP contribution in [0.15, 0.2) is 11.5 Å². The van der Waals surface area contributed by atoms with Crippen LogP contribution in [-0.2, 0) is 9.53 Å². The van der Waals surface area contributed by atoms with Gasteiger partial charge < -0.3 is 30.3 Å². The first kappa shape index (κ1) is 10.8. The van der Waals surface area contributed by atoms with Gasteiger partial charge in [-0.3, -0.25) is 0 Å². The van der Waals surface area contributed by atoms with Gasteiger partial charge in [0.2, 0.25) is 5.76 Å². The quantitative estimate of drug-likeness (QED) is 0.336. The molecule has 0 spiro atoms. The lowest BCUT2D eigenvalue weighted by Crippen LogP contribution is -2.40. The summed E-state index contributed by atoms with van der Waals surface area (Å²) in [5.74, 6) is -3.04. The van der Waals surface area contributed by atoms with Gasteiger partial charge in [0.25, 0.3) is 0 Å². The molecule has 0 amide bonds. The molecule has 1 heterocycles. The fourth-order valence-corrected chi connectivity index (χ4v) is 1.01. The van der Waals surface area contributed by atoms with Gasteiger partial charge in [0.05, 0.1) is 6.61 Å². The van der Waals surface area contributed by atoms with Gasteiger partial charge in [-0.2, -0.15) is 0 Å². The first-order chi connectivity index (χ1) is 6.49. The van der Waals surface area contributed by atoms with Gasteiger partial charge in [-0.05, 0) is 0 Å². The molecule has 0 aromatic heterocycles. The molecule has 0 saturated carbocycles. The van der Waals surface area contributed by atoms with Crippen LogP contribution in [0.2, 0.25) is 0 Å². The van der Waals surface area contributed by atoms with E-state index in [0.717, 1.165) is 0 Å². The monoisotopic (exact) mass is 206 g/mol. The van der Waals surface area contributed by atoms with Crippen molar-refractivity contribution in [3.8, 4) is 0 Å². The summed E-state index contributed by atoms with van der Waals surface area (Å²) < 4.78 is 4.34. The van der Waals surface area contributed by atoms with E-state index in [2.05, 4.69) is 4.74 Å². The highest BCUT2D eigenvalue weighted by Crippen LogP contribution is 2.22. The van der Waals surface area contributed by atoms with Gasteiger partial charge >= 0.3 is 5.97 Å². The number of rotatable bonds is 3. The van der Waals surface area contributed by atoms with Crippen LogP contribution >= 0.6 is 0 Å². The molecule has 0 aliphatic carbocycles. The van der Waals surface area contributed by atoms with Gasteiger partial charge in [-0.25, -0.2) is 4.79 Å². The third-order valence-electron chi connectivity index (χ3n) is 1.83. The lowest BCUT2D eigenvalue weighted by atomic mass is 10.1. The molecule has 0 saturated heterocycles. The predicted octanol–water partition coefficient (Wildman–Crippen LogP) is -2.05. The van der Waals surface area contributed by atoms with Crippen molar-refractivity contribution in [1.29, 1.82) is 0 Å². The maximum absolute atomic E-state index is 10.7. The van der Waals surface area contributed by atoms with Crippen molar-refractivity contribution >= 4 is 5.97 Å².